The van der Waals surface area contributed by atoms with Crippen LogP contribution < -0.4 is 4.90 Å². The van der Waals surface area contributed by atoms with Crippen molar-refractivity contribution in [3.05, 3.63) is 35.9 Å². The lowest BCUT2D eigenvalue weighted by molar-refractivity contribution is -0.0519. The summed E-state index contributed by atoms with van der Waals surface area (Å²) in [6, 6.07) is 7.50. The molecular formula is C16H21FN6O. The molecule has 4 rings (SSSR count). The Morgan fingerprint density at radius 1 is 1.17 bits per heavy atom. The Morgan fingerprint density at radius 2 is 2.00 bits per heavy atom. The summed E-state index contributed by atoms with van der Waals surface area (Å²) in [5, 5.41) is 14.2. The van der Waals surface area contributed by atoms with Crippen LogP contribution in [0.15, 0.2) is 24.3 Å². The number of aromatic nitrogens is 4. The smallest absolute Gasteiger partial charge is 0.204 e. The van der Waals surface area contributed by atoms with Crippen molar-refractivity contribution in [2.75, 3.05) is 37.7 Å². The third-order valence-corrected chi connectivity index (χ3v) is 4.92. The first kappa shape index (κ1) is 15.5. The highest BCUT2D eigenvalue weighted by Gasteiger charge is 2.31. The number of nitrogens with zero attached hydrogens (tertiary/aromatic N) is 5. The molecule has 1 aromatic heterocycles. The summed E-state index contributed by atoms with van der Waals surface area (Å²) in [6.45, 7) is 4.11. The van der Waals surface area contributed by atoms with E-state index >= 15 is 0 Å². The number of benzene rings is 1. The highest BCUT2D eigenvalue weighted by molar-refractivity contribution is 5.47. The molecule has 2 aliphatic rings. The minimum Gasteiger partial charge on any atom is -0.369 e. The molecule has 2 fully saturated rings. The van der Waals surface area contributed by atoms with Gasteiger partial charge in [0.25, 0.3) is 0 Å². The molecule has 0 bridgehead atoms. The van der Waals surface area contributed by atoms with E-state index in [1.807, 2.05) is 12.1 Å². The van der Waals surface area contributed by atoms with Crippen molar-refractivity contribution in [1.29, 1.82) is 0 Å². The molecule has 24 heavy (non-hydrogen) atoms. The zero-order valence-corrected chi connectivity index (χ0v) is 13.4. The number of aromatic amines is 1. The van der Waals surface area contributed by atoms with E-state index in [1.54, 1.807) is 6.07 Å². The summed E-state index contributed by atoms with van der Waals surface area (Å²) in [5.41, 5.74) is 0.711. The van der Waals surface area contributed by atoms with Crippen molar-refractivity contribution in [3.8, 4) is 0 Å². The van der Waals surface area contributed by atoms with Gasteiger partial charge in [-0.2, -0.15) is 5.21 Å². The molecule has 0 amide bonds. The molecule has 0 spiro atoms. The fraction of sp³-hybridized carbons (Fsp3) is 0.562. The normalized spacial score (nSPS) is 23.5. The molecular weight excluding hydrogens is 311 g/mol. The van der Waals surface area contributed by atoms with Crippen molar-refractivity contribution < 1.29 is 9.13 Å². The number of anilines is 1. The Bertz CT molecular complexity index is 658. The van der Waals surface area contributed by atoms with Crippen molar-refractivity contribution >= 4 is 5.69 Å². The number of rotatable bonds is 3. The van der Waals surface area contributed by atoms with Crippen LogP contribution in [0.3, 0.4) is 0 Å². The van der Waals surface area contributed by atoms with Gasteiger partial charge in [0.2, 0.25) is 5.82 Å². The summed E-state index contributed by atoms with van der Waals surface area (Å²) in [4.78, 5) is 4.59. The number of halogens is 1. The third kappa shape index (κ3) is 3.11. The number of hydrogen-bond donors (Lipinski definition) is 1. The molecule has 0 radical (unpaired) electrons. The molecule has 2 aliphatic heterocycles. The molecule has 0 aliphatic carbocycles. The fourth-order valence-corrected chi connectivity index (χ4v) is 3.64. The number of morpholine rings is 1. The van der Waals surface area contributed by atoms with Crippen molar-refractivity contribution in [1.82, 2.24) is 25.5 Å². The minimum atomic E-state index is -0.139. The molecule has 3 heterocycles. The quantitative estimate of drug-likeness (QED) is 0.916. The Morgan fingerprint density at radius 3 is 2.75 bits per heavy atom. The average molecular weight is 332 g/mol. The van der Waals surface area contributed by atoms with Gasteiger partial charge in [0.1, 0.15) is 11.9 Å². The maximum absolute atomic E-state index is 13.9. The molecule has 8 heteroatoms. The van der Waals surface area contributed by atoms with E-state index in [0.29, 0.717) is 24.2 Å². The number of piperidine rings is 1. The van der Waals surface area contributed by atoms with Gasteiger partial charge >= 0.3 is 0 Å². The number of para-hydroxylation sites is 1. The second-order valence-electron chi connectivity index (χ2n) is 6.29. The first-order valence-corrected chi connectivity index (χ1v) is 8.40. The predicted molar refractivity (Wildman–Crippen MR) is 86.1 cm³/mol. The van der Waals surface area contributed by atoms with Gasteiger partial charge in [0.15, 0.2) is 0 Å². The third-order valence-electron chi connectivity index (χ3n) is 4.92. The van der Waals surface area contributed by atoms with Crippen LogP contribution in [-0.2, 0) is 4.74 Å². The van der Waals surface area contributed by atoms with E-state index in [2.05, 4.69) is 30.4 Å². The van der Waals surface area contributed by atoms with Gasteiger partial charge in [-0.1, -0.05) is 17.3 Å². The van der Waals surface area contributed by atoms with E-state index in [1.165, 1.54) is 6.07 Å². The topological polar surface area (TPSA) is 70.2 Å². The maximum Gasteiger partial charge on any atom is 0.204 e. The predicted octanol–water partition coefficient (Wildman–Crippen LogP) is 1.38. The number of tetrazole rings is 1. The fourth-order valence-electron chi connectivity index (χ4n) is 3.64. The van der Waals surface area contributed by atoms with Gasteiger partial charge in [-0.15, -0.1) is 10.2 Å². The monoisotopic (exact) mass is 332 g/mol. The molecule has 0 saturated carbocycles. The standard InChI is InChI=1S/C16H21FN6O/c17-13-3-1-2-4-14(13)22-7-5-12(6-8-22)23-9-10-24-15(11-23)16-18-20-21-19-16/h1-4,12,15H,5-11H2,(H,18,19,20,21). The Hall–Kier alpha value is -2.06. The lowest BCUT2D eigenvalue weighted by Crippen LogP contribution is -2.50. The van der Waals surface area contributed by atoms with E-state index in [-0.39, 0.29) is 11.9 Å². The van der Waals surface area contributed by atoms with Crippen LogP contribution in [0.2, 0.25) is 0 Å². The largest absolute Gasteiger partial charge is 0.369 e. The van der Waals surface area contributed by atoms with Crippen molar-refractivity contribution in [3.63, 3.8) is 0 Å². The van der Waals surface area contributed by atoms with Crippen molar-refractivity contribution in [2.45, 2.75) is 25.0 Å². The highest BCUT2D eigenvalue weighted by Crippen LogP contribution is 2.27. The average Bonchev–Trinajstić information content (AvgIpc) is 3.17. The number of hydrogen-bond acceptors (Lipinski definition) is 6. The van der Waals surface area contributed by atoms with E-state index < -0.39 is 0 Å². The van der Waals surface area contributed by atoms with Crippen LogP contribution in [0.4, 0.5) is 10.1 Å². The second-order valence-corrected chi connectivity index (χ2v) is 6.29. The van der Waals surface area contributed by atoms with Gasteiger partial charge < -0.3 is 9.64 Å². The Balaban J connectivity index is 1.36. The van der Waals surface area contributed by atoms with Crippen LogP contribution in [-0.4, -0.2) is 64.4 Å². The van der Waals surface area contributed by atoms with Crippen LogP contribution in [0.5, 0.6) is 0 Å². The minimum absolute atomic E-state index is 0.123. The van der Waals surface area contributed by atoms with Crippen LogP contribution in [0.1, 0.15) is 24.8 Å². The maximum atomic E-state index is 13.9. The Labute approximate surface area is 139 Å². The SMILES string of the molecule is Fc1ccccc1N1CCC(N2CCOC(c3nn[nH]n3)C2)CC1. The summed E-state index contributed by atoms with van der Waals surface area (Å²) >= 11 is 0. The summed E-state index contributed by atoms with van der Waals surface area (Å²) in [5.74, 6) is 0.475. The second kappa shape index (κ2) is 6.82. The van der Waals surface area contributed by atoms with Gasteiger partial charge in [-0.3, -0.25) is 4.90 Å². The van der Waals surface area contributed by atoms with Gasteiger partial charge in [0.05, 0.1) is 12.3 Å². The van der Waals surface area contributed by atoms with Crippen LogP contribution >= 0.6 is 0 Å². The van der Waals surface area contributed by atoms with E-state index in [0.717, 1.165) is 39.0 Å². The lowest BCUT2D eigenvalue weighted by Gasteiger charge is -2.42. The molecule has 128 valence electrons. The zero-order chi connectivity index (χ0) is 16.4. The van der Waals surface area contributed by atoms with Gasteiger partial charge in [-0.05, 0) is 25.0 Å². The molecule has 1 atom stereocenters. The lowest BCUT2D eigenvalue weighted by atomic mass is 10.0. The molecule has 1 aromatic carbocycles. The number of nitrogens with one attached hydrogen (secondary N) is 1. The molecule has 2 saturated heterocycles. The van der Waals surface area contributed by atoms with Crippen LogP contribution in [0, 0.1) is 5.82 Å². The Kier molecular flexibility index (Phi) is 4.40. The zero-order valence-electron chi connectivity index (χ0n) is 13.4. The molecule has 2 aromatic rings. The molecule has 7 nitrogen and oxygen atoms in total. The first-order chi connectivity index (χ1) is 11.8. The summed E-state index contributed by atoms with van der Waals surface area (Å²) in [6.07, 6.45) is 1.92. The first-order valence-electron chi connectivity index (χ1n) is 8.40. The number of ether oxygens (including phenoxy) is 1. The van der Waals surface area contributed by atoms with Gasteiger partial charge in [-0.25, -0.2) is 4.39 Å². The van der Waals surface area contributed by atoms with E-state index in [9.17, 15) is 4.39 Å². The molecule has 1 N–H and O–H groups in total. The van der Waals surface area contributed by atoms with Crippen molar-refractivity contribution in [2.24, 2.45) is 0 Å². The highest BCUT2D eigenvalue weighted by atomic mass is 19.1. The molecule has 1 unspecified atom stereocenters. The van der Waals surface area contributed by atoms with Gasteiger partial charge in [0, 0.05) is 32.2 Å². The van der Waals surface area contributed by atoms with Crippen LogP contribution in [0.25, 0.3) is 0 Å². The number of H-pyrrole nitrogens is 1. The summed E-state index contributed by atoms with van der Waals surface area (Å²) in [7, 11) is 0. The van der Waals surface area contributed by atoms with E-state index in [4.69, 9.17) is 4.74 Å². The summed E-state index contributed by atoms with van der Waals surface area (Å²) < 4.78 is 19.7.